The van der Waals surface area contributed by atoms with Crippen LogP contribution in [0.25, 0.3) is 0 Å². The normalized spacial score (nSPS) is 27.6. The lowest BCUT2D eigenvalue weighted by atomic mass is 10.0. The van der Waals surface area contributed by atoms with E-state index in [1.807, 2.05) is 0 Å². The molecule has 0 aromatic heterocycles. The van der Waals surface area contributed by atoms with Gasteiger partial charge in [0.05, 0.1) is 6.10 Å². The van der Waals surface area contributed by atoms with Gasteiger partial charge in [-0.3, -0.25) is 9.69 Å². The van der Waals surface area contributed by atoms with Crippen molar-refractivity contribution in [2.24, 2.45) is 0 Å². The zero-order valence-electron chi connectivity index (χ0n) is 6.53. The van der Waals surface area contributed by atoms with Crippen molar-refractivity contribution < 1.29 is 15.0 Å². The number of carboxylic acids is 1. The van der Waals surface area contributed by atoms with Gasteiger partial charge in [0.15, 0.2) is 0 Å². The summed E-state index contributed by atoms with van der Waals surface area (Å²) in [7, 11) is 0. The van der Waals surface area contributed by atoms with Crippen molar-refractivity contribution in [3.05, 3.63) is 0 Å². The van der Waals surface area contributed by atoms with Crippen LogP contribution in [-0.4, -0.2) is 46.3 Å². The van der Waals surface area contributed by atoms with Crippen LogP contribution in [-0.2, 0) is 4.79 Å². The van der Waals surface area contributed by atoms with Crippen LogP contribution in [0.15, 0.2) is 0 Å². The molecule has 2 atom stereocenters. The predicted octanol–water partition coefficient (Wildman–Crippen LogP) is -0.474. The lowest BCUT2D eigenvalue weighted by Gasteiger charge is -2.38. The Labute approximate surface area is 65.4 Å². The smallest absolute Gasteiger partial charge is 0.320 e. The fourth-order valence-electron chi connectivity index (χ4n) is 1.28. The standard InChI is InChI=1S/C7H13NO3/c1-5(9)4-8-3-2-6(8)7(10)11/h5-6,9H,2-4H2,1H3,(H,10,11). The second-order valence-electron chi connectivity index (χ2n) is 2.99. The van der Waals surface area contributed by atoms with Gasteiger partial charge in [-0.25, -0.2) is 0 Å². The Morgan fingerprint density at radius 1 is 1.82 bits per heavy atom. The molecule has 2 unspecified atom stereocenters. The SMILES string of the molecule is CC(O)CN1CCC1C(=O)O. The van der Waals surface area contributed by atoms with Gasteiger partial charge < -0.3 is 10.2 Å². The summed E-state index contributed by atoms with van der Waals surface area (Å²) in [6, 6.07) is -0.357. The zero-order valence-corrected chi connectivity index (χ0v) is 6.53. The zero-order chi connectivity index (χ0) is 8.43. The molecule has 2 N–H and O–H groups in total. The van der Waals surface area contributed by atoms with Crippen LogP contribution in [0.2, 0.25) is 0 Å². The van der Waals surface area contributed by atoms with Crippen LogP contribution >= 0.6 is 0 Å². The first-order valence-electron chi connectivity index (χ1n) is 3.76. The number of aliphatic carboxylic acids is 1. The second kappa shape index (κ2) is 3.19. The Bertz CT molecular complexity index is 158. The summed E-state index contributed by atoms with van der Waals surface area (Å²) in [6.07, 6.45) is 0.277. The highest BCUT2D eigenvalue weighted by Crippen LogP contribution is 2.17. The first-order chi connectivity index (χ1) is 5.11. The molecule has 1 aliphatic heterocycles. The molecule has 0 amide bonds. The van der Waals surface area contributed by atoms with Crippen molar-refractivity contribution in [3.63, 3.8) is 0 Å². The van der Waals surface area contributed by atoms with E-state index in [-0.39, 0.29) is 6.04 Å². The molecule has 11 heavy (non-hydrogen) atoms. The largest absolute Gasteiger partial charge is 0.480 e. The van der Waals surface area contributed by atoms with Crippen molar-refractivity contribution in [2.45, 2.75) is 25.5 Å². The van der Waals surface area contributed by atoms with Crippen molar-refractivity contribution in [2.75, 3.05) is 13.1 Å². The first kappa shape index (κ1) is 8.49. The Morgan fingerprint density at radius 2 is 2.45 bits per heavy atom. The lowest BCUT2D eigenvalue weighted by Crippen LogP contribution is -2.54. The minimum absolute atomic E-state index is 0.357. The number of carboxylic acid groups (broad SMARTS) is 1. The van der Waals surface area contributed by atoms with Crippen LogP contribution in [0.4, 0.5) is 0 Å². The van der Waals surface area contributed by atoms with Crippen molar-refractivity contribution >= 4 is 5.97 Å². The van der Waals surface area contributed by atoms with Crippen LogP contribution < -0.4 is 0 Å². The van der Waals surface area contributed by atoms with E-state index < -0.39 is 12.1 Å². The monoisotopic (exact) mass is 159 g/mol. The highest BCUT2D eigenvalue weighted by atomic mass is 16.4. The van der Waals surface area contributed by atoms with E-state index >= 15 is 0 Å². The molecular formula is C7H13NO3. The van der Waals surface area contributed by atoms with Gasteiger partial charge in [0, 0.05) is 13.1 Å². The number of likely N-dealkylation sites (tertiary alicyclic amines) is 1. The third-order valence-corrected chi connectivity index (χ3v) is 1.91. The molecular weight excluding hydrogens is 146 g/mol. The van der Waals surface area contributed by atoms with Gasteiger partial charge in [-0.15, -0.1) is 0 Å². The quantitative estimate of drug-likeness (QED) is 0.584. The minimum atomic E-state index is -0.781. The summed E-state index contributed by atoms with van der Waals surface area (Å²) in [5.41, 5.74) is 0. The summed E-state index contributed by atoms with van der Waals surface area (Å²) in [5.74, 6) is -0.781. The van der Waals surface area contributed by atoms with Gasteiger partial charge in [0.1, 0.15) is 6.04 Å². The molecule has 1 aliphatic rings. The maximum atomic E-state index is 10.5. The molecule has 0 bridgehead atoms. The van der Waals surface area contributed by atoms with Gasteiger partial charge in [-0.1, -0.05) is 0 Å². The number of β-amino-alcohol motifs (C(OH)–C–C–N with tert-alkyl or cyclic N) is 1. The Morgan fingerprint density at radius 3 is 2.73 bits per heavy atom. The van der Waals surface area contributed by atoms with Crippen molar-refractivity contribution in [1.82, 2.24) is 4.90 Å². The number of hydrogen-bond donors (Lipinski definition) is 2. The number of nitrogens with zero attached hydrogens (tertiary/aromatic N) is 1. The minimum Gasteiger partial charge on any atom is -0.480 e. The van der Waals surface area contributed by atoms with Crippen LogP contribution in [0.3, 0.4) is 0 Å². The number of hydrogen-bond acceptors (Lipinski definition) is 3. The number of aliphatic hydroxyl groups is 1. The third-order valence-electron chi connectivity index (χ3n) is 1.91. The first-order valence-corrected chi connectivity index (χ1v) is 3.76. The van der Waals surface area contributed by atoms with Crippen LogP contribution in [0, 0.1) is 0 Å². The molecule has 1 fully saturated rings. The molecule has 0 spiro atoms. The Hall–Kier alpha value is -0.610. The predicted molar refractivity (Wildman–Crippen MR) is 39.3 cm³/mol. The van der Waals surface area contributed by atoms with E-state index in [4.69, 9.17) is 10.2 Å². The summed E-state index contributed by atoms with van der Waals surface area (Å²) in [5, 5.41) is 17.5. The molecule has 4 heteroatoms. The van der Waals surface area contributed by atoms with Gasteiger partial charge in [0.25, 0.3) is 0 Å². The van der Waals surface area contributed by atoms with Crippen LogP contribution in [0.5, 0.6) is 0 Å². The number of carbonyl (C=O) groups is 1. The summed E-state index contributed by atoms with van der Waals surface area (Å²) in [4.78, 5) is 12.2. The summed E-state index contributed by atoms with van der Waals surface area (Å²) in [6.45, 7) is 2.93. The molecule has 0 aromatic carbocycles. The van der Waals surface area contributed by atoms with Gasteiger partial charge in [0.2, 0.25) is 0 Å². The molecule has 0 aliphatic carbocycles. The molecule has 4 nitrogen and oxygen atoms in total. The average molecular weight is 159 g/mol. The van der Waals surface area contributed by atoms with E-state index in [1.165, 1.54) is 0 Å². The number of aliphatic hydroxyl groups excluding tert-OH is 1. The van der Waals surface area contributed by atoms with E-state index in [0.29, 0.717) is 13.0 Å². The molecule has 1 rings (SSSR count). The molecule has 64 valence electrons. The van der Waals surface area contributed by atoms with E-state index in [0.717, 1.165) is 6.54 Å². The third kappa shape index (κ3) is 1.91. The van der Waals surface area contributed by atoms with Gasteiger partial charge >= 0.3 is 5.97 Å². The topological polar surface area (TPSA) is 60.8 Å². The maximum absolute atomic E-state index is 10.5. The number of rotatable bonds is 3. The second-order valence-corrected chi connectivity index (χ2v) is 2.99. The Kier molecular flexibility index (Phi) is 2.46. The summed E-state index contributed by atoms with van der Waals surface area (Å²) >= 11 is 0. The van der Waals surface area contributed by atoms with E-state index in [9.17, 15) is 4.79 Å². The van der Waals surface area contributed by atoms with Gasteiger partial charge in [-0.05, 0) is 13.3 Å². The van der Waals surface area contributed by atoms with Crippen molar-refractivity contribution in [1.29, 1.82) is 0 Å². The molecule has 0 aromatic rings. The van der Waals surface area contributed by atoms with E-state index in [1.54, 1.807) is 11.8 Å². The highest BCUT2D eigenvalue weighted by Gasteiger charge is 2.34. The average Bonchev–Trinajstić information content (AvgIpc) is 1.78. The molecule has 0 radical (unpaired) electrons. The molecule has 0 saturated carbocycles. The van der Waals surface area contributed by atoms with Gasteiger partial charge in [-0.2, -0.15) is 0 Å². The fraction of sp³-hybridized carbons (Fsp3) is 0.857. The molecule has 1 heterocycles. The Balaban J connectivity index is 2.31. The van der Waals surface area contributed by atoms with E-state index in [2.05, 4.69) is 0 Å². The highest BCUT2D eigenvalue weighted by molar-refractivity contribution is 5.74. The lowest BCUT2D eigenvalue weighted by molar-refractivity contribution is -0.148. The van der Waals surface area contributed by atoms with Crippen molar-refractivity contribution in [3.8, 4) is 0 Å². The maximum Gasteiger partial charge on any atom is 0.320 e. The molecule has 1 saturated heterocycles. The fourth-order valence-corrected chi connectivity index (χ4v) is 1.28. The summed E-state index contributed by atoms with van der Waals surface area (Å²) < 4.78 is 0. The van der Waals surface area contributed by atoms with Crippen LogP contribution in [0.1, 0.15) is 13.3 Å².